The van der Waals surface area contributed by atoms with Gasteiger partial charge in [-0.2, -0.15) is 5.10 Å². The third-order valence-corrected chi connectivity index (χ3v) is 4.92. The number of amides is 2. The minimum Gasteiger partial charge on any atom is -0.465 e. The fraction of sp³-hybridized carbons (Fsp3) is 0.333. The molecule has 3 N–H and O–H groups in total. The van der Waals surface area contributed by atoms with Gasteiger partial charge in [-0.15, -0.1) is 11.3 Å². The van der Waals surface area contributed by atoms with Crippen LogP contribution < -0.4 is 11.1 Å². The first-order valence-electron chi connectivity index (χ1n) is 7.65. The number of hydrogen-bond donors (Lipinski definition) is 2. The van der Waals surface area contributed by atoms with Gasteiger partial charge in [-0.05, 0) is 19.4 Å². The highest BCUT2D eigenvalue weighted by molar-refractivity contribution is 7.18. The molecule has 0 aliphatic rings. The molecule has 0 fully saturated rings. The molecule has 0 radical (unpaired) electrons. The summed E-state index contributed by atoms with van der Waals surface area (Å²) < 4.78 is 5.98. The molecule has 0 atom stereocenters. The molecule has 0 aliphatic heterocycles. The number of aryl methyl sites for hydroxylation is 2. The Morgan fingerprint density at radius 1 is 1.41 bits per heavy atom. The summed E-state index contributed by atoms with van der Waals surface area (Å²) in [4.78, 5) is 46.1. The monoisotopic (exact) mass is 395 g/mol. The number of nitro groups is 1. The molecular formula is C15H17N5O6S. The Bertz CT molecular complexity index is 932. The number of esters is 1. The van der Waals surface area contributed by atoms with Crippen LogP contribution in [0.15, 0.2) is 6.20 Å². The molecule has 0 saturated heterocycles. The van der Waals surface area contributed by atoms with E-state index < -0.39 is 22.7 Å². The molecule has 2 amide bonds. The fourth-order valence-electron chi connectivity index (χ4n) is 2.39. The lowest BCUT2D eigenvalue weighted by Crippen LogP contribution is -2.16. The molecule has 27 heavy (non-hydrogen) atoms. The SMILES string of the molecule is COC(=O)c1c(NC(=O)CCn2cc([N+](=O)[O-])c(C)n2)sc(C(N)=O)c1C. The third-order valence-electron chi connectivity index (χ3n) is 3.70. The molecule has 0 spiro atoms. The van der Waals surface area contributed by atoms with Crippen molar-refractivity contribution < 1.29 is 24.0 Å². The lowest BCUT2D eigenvalue weighted by molar-refractivity contribution is -0.385. The Balaban J connectivity index is 2.14. The number of nitrogens with one attached hydrogen (secondary N) is 1. The number of carbonyl (C=O) groups is 3. The zero-order valence-corrected chi connectivity index (χ0v) is 15.6. The van der Waals surface area contributed by atoms with Crippen LogP contribution in [0.5, 0.6) is 0 Å². The summed E-state index contributed by atoms with van der Waals surface area (Å²) >= 11 is 0.879. The molecule has 2 rings (SSSR count). The van der Waals surface area contributed by atoms with Crippen LogP contribution in [0.1, 0.15) is 37.7 Å². The molecule has 12 heteroatoms. The van der Waals surface area contributed by atoms with E-state index in [1.165, 1.54) is 31.8 Å². The van der Waals surface area contributed by atoms with Gasteiger partial charge >= 0.3 is 11.7 Å². The quantitative estimate of drug-likeness (QED) is 0.407. The van der Waals surface area contributed by atoms with Gasteiger partial charge in [0.05, 0.1) is 22.5 Å². The number of rotatable bonds is 7. The number of nitrogens with zero attached hydrogens (tertiary/aromatic N) is 3. The topological polar surface area (TPSA) is 159 Å². The maximum Gasteiger partial charge on any atom is 0.341 e. The van der Waals surface area contributed by atoms with E-state index in [0.29, 0.717) is 5.56 Å². The van der Waals surface area contributed by atoms with Crippen molar-refractivity contribution in [2.45, 2.75) is 26.8 Å². The molecule has 0 bridgehead atoms. The standard InChI is InChI=1S/C15H17N5O6S/c1-7-11(15(23)26-3)14(27-12(7)13(16)22)17-10(21)4-5-19-6-9(20(24)25)8(2)18-19/h6H,4-5H2,1-3H3,(H2,16,22)(H,17,21). The fourth-order valence-corrected chi connectivity index (χ4v) is 3.45. The summed E-state index contributed by atoms with van der Waals surface area (Å²) in [6, 6.07) is 0. The minimum absolute atomic E-state index is 0.0538. The molecule has 0 aliphatic carbocycles. The second kappa shape index (κ2) is 7.95. The van der Waals surface area contributed by atoms with E-state index in [1.807, 2.05) is 0 Å². The molecular weight excluding hydrogens is 378 g/mol. The summed E-state index contributed by atoms with van der Waals surface area (Å²) in [5, 5.41) is 17.5. The zero-order valence-electron chi connectivity index (χ0n) is 14.8. The molecule has 0 aromatic carbocycles. The maximum absolute atomic E-state index is 12.2. The van der Waals surface area contributed by atoms with Gasteiger partial charge in [-0.25, -0.2) is 4.79 Å². The predicted octanol–water partition coefficient (Wildman–Crippen LogP) is 1.38. The number of carbonyl (C=O) groups excluding carboxylic acids is 3. The first-order valence-corrected chi connectivity index (χ1v) is 8.47. The lowest BCUT2D eigenvalue weighted by Gasteiger charge is -2.06. The van der Waals surface area contributed by atoms with Crippen LogP contribution in [-0.4, -0.2) is 39.6 Å². The van der Waals surface area contributed by atoms with Gasteiger partial charge in [-0.1, -0.05) is 0 Å². The van der Waals surface area contributed by atoms with Crippen LogP contribution in [0, 0.1) is 24.0 Å². The second-order valence-electron chi connectivity index (χ2n) is 5.53. The molecule has 11 nitrogen and oxygen atoms in total. The number of hydrogen-bond acceptors (Lipinski definition) is 8. The highest BCUT2D eigenvalue weighted by Gasteiger charge is 2.25. The van der Waals surface area contributed by atoms with Crippen LogP contribution in [0.25, 0.3) is 0 Å². The summed E-state index contributed by atoms with van der Waals surface area (Å²) in [5.41, 5.74) is 5.78. The van der Waals surface area contributed by atoms with E-state index in [0.717, 1.165) is 11.3 Å². The van der Waals surface area contributed by atoms with E-state index in [4.69, 9.17) is 5.73 Å². The number of nitrogens with two attached hydrogens (primary N) is 1. The smallest absolute Gasteiger partial charge is 0.341 e. The average molecular weight is 395 g/mol. The largest absolute Gasteiger partial charge is 0.465 e. The normalized spacial score (nSPS) is 10.5. The van der Waals surface area contributed by atoms with Gasteiger partial charge in [0.25, 0.3) is 5.91 Å². The minimum atomic E-state index is -0.720. The Morgan fingerprint density at radius 2 is 2.07 bits per heavy atom. The van der Waals surface area contributed by atoms with E-state index in [2.05, 4.69) is 15.2 Å². The Hall–Kier alpha value is -3.28. The van der Waals surface area contributed by atoms with Gasteiger partial charge in [0.1, 0.15) is 16.9 Å². The van der Waals surface area contributed by atoms with Gasteiger partial charge in [0.2, 0.25) is 5.91 Å². The summed E-state index contributed by atoms with van der Waals surface area (Å²) in [5.74, 6) is -1.89. The van der Waals surface area contributed by atoms with Crippen LogP contribution in [-0.2, 0) is 16.1 Å². The van der Waals surface area contributed by atoms with Crippen molar-refractivity contribution in [3.63, 3.8) is 0 Å². The zero-order chi connectivity index (χ0) is 20.3. The van der Waals surface area contributed by atoms with Crippen LogP contribution in [0.2, 0.25) is 0 Å². The maximum atomic E-state index is 12.2. The molecule has 2 heterocycles. The number of anilines is 1. The van der Waals surface area contributed by atoms with Crippen molar-refractivity contribution in [1.82, 2.24) is 9.78 Å². The first-order chi connectivity index (χ1) is 12.6. The number of ether oxygens (including phenoxy) is 1. The summed E-state index contributed by atoms with van der Waals surface area (Å²) in [6.07, 6.45) is 1.19. The van der Waals surface area contributed by atoms with Gasteiger partial charge in [0.15, 0.2) is 0 Å². The average Bonchev–Trinajstić information content (AvgIpc) is 3.12. The van der Waals surface area contributed by atoms with E-state index >= 15 is 0 Å². The van der Waals surface area contributed by atoms with E-state index in [-0.39, 0.29) is 39.8 Å². The number of methoxy groups -OCH3 is 1. The molecule has 0 saturated carbocycles. The van der Waals surface area contributed by atoms with Crippen LogP contribution >= 0.6 is 11.3 Å². The molecule has 0 unspecified atom stereocenters. The molecule has 2 aromatic rings. The molecule has 2 aromatic heterocycles. The Morgan fingerprint density at radius 3 is 2.59 bits per heavy atom. The van der Waals surface area contributed by atoms with E-state index in [1.54, 1.807) is 0 Å². The van der Waals surface area contributed by atoms with Crippen LogP contribution in [0.4, 0.5) is 10.7 Å². The number of aromatic nitrogens is 2. The highest BCUT2D eigenvalue weighted by atomic mass is 32.1. The predicted molar refractivity (Wildman–Crippen MR) is 95.8 cm³/mol. The Kier molecular flexibility index (Phi) is 5.90. The van der Waals surface area contributed by atoms with Crippen molar-refractivity contribution in [3.8, 4) is 0 Å². The van der Waals surface area contributed by atoms with Crippen molar-refractivity contribution in [2.75, 3.05) is 12.4 Å². The van der Waals surface area contributed by atoms with Gasteiger partial charge < -0.3 is 15.8 Å². The number of thiophene rings is 1. The lowest BCUT2D eigenvalue weighted by atomic mass is 10.1. The Labute approximate surface area is 157 Å². The summed E-state index contributed by atoms with van der Waals surface area (Å²) in [7, 11) is 1.18. The van der Waals surface area contributed by atoms with Crippen molar-refractivity contribution in [3.05, 3.63) is 38.0 Å². The van der Waals surface area contributed by atoms with Crippen molar-refractivity contribution >= 4 is 39.8 Å². The van der Waals surface area contributed by atoms with Gasteiger partial charge in [-0.3, -0.25) is 24.4 Å². The van der Waals surface area contributed by atoms with E-state index in [9.17, 15) is 24.5 Å². The highest BCUT2D eigenvalue weighted by Crippen LogP contribution is 2.33. The molecule has 144 valence electrons. The third kappa shape index (κ3) is 4.28. The first kappa shape index (κ1) is 20.0. The number of primary amides is 1. The van der Waals surface area contributed by atoms with Crippen molar-refractivity contribution in [1.29, 1.82) is 0 Å². The second-order valence-corrected chi connectivity index (χ2v) is 6.55. The van der Waals surface area contributed by atoms with Gasteiger partial charge in [0, 0.05) is 13.0 Å². The summed E-state index contributed by atoms with van der Waals surface area (Å²) in [6.45, 7) is 3.13. The van der Waals surface area contributed by atoms with Crippen molar-refractivity contribution in [2.24, 2.45) is 5.73 Å². The van der Waals surface area contributed by atoms with Crippen LogP contribution in [0.3, 0.4) is 0 Å².